The monoisotopic (exact) mass is 244 g/mol. The van der Waals surface area contributed by atoms with Crippen molar-refractivity contribution < 1.29 is 0 Å². The topological polar surface area (TPSA) is 35.8 Å². The molecule has 0 fully saturated rings. The molecule has 1 aromatic rings. The van der Waals surface area contributed by atoms with Gasteiger partial charge in [0, 0.05) is 5.69 Å². The number of rotatable bonds is 8. The van der Waals surface area contributed by atoms with Gasteiger partial charge in [0.15, 0.2) is 0 Å². The first-order chi connectivity index (χ1) is 8.76. The van der Waals surface area contributed by atoms with Crippen LogP contribution in [0.25, 0.3) is 0 Å². The maximum absolute atomic E-state index is 9.15. The van der Waals surface area contributed by atoms with Crippen LogP contribution in [0.4, 0.5) is 5.69 Å². The quantitative estimate of drug-likeness (QED) is 0.675. The summed E-state index contributed by atoms with van der Waals surface area (Å²) in [6.45, 7) is 4.29. The first-order valence-corrected chi connectivity index (χ1v) is 6.99. The number of nitriles is 1. The highest BCUT2D eigenvalue weighted by Crippen LogP contribution is 2.14. The normalized spacial score (nSPS) is 11.8. The number of nitrogens with zero attached hydrogens (tertiary/aromatic N) is 1. The van der Waals surface area contributed by atoms with Crippen LogP contribution < -0.4 is 5.32 Å². The number of hydrogen-bond donors (Lipinski definition) is 1. The molecule has 0 heterocycles. The van der Waals surface area contributed by atoms with E-state index in [4.69, 9.17) is 5.26 Å². The summed E-state index contributed by atoms with van der Waals surface area (Å²) in [5.41, 5.74) is 2.27. The van der Waals surface area contributed by atoms with Crippen molar-refractivity contribution in [2.75, 3.05) is 5.32 Å². The van der Waals surface area contributed by atoms with E-state index in [-0.39, 0.29) is 6.04 Å². The Morgan fingerprint density at radius 1 is 1.22 bits per heavy atom. The van der Waals surface area contributed by atoms with Crippen LogP contribution in [0, 0.1) is 18.3 Å². The van der Waals surface area contributed by atoms with Crippen molar-refractivity contribution in [3.63, 3.8) is 0 Å². The fourth-order valence-corrected chi connectivity index (χ4v) is 2.06. The van der Waals surface area contributed by atoms with Gasteiger partial charge in [-0.3, -0.25) is 0 Å². The molecule has 2 nitrogen and oxygen atoms in total. The molecule has 1 N–H and O–H groups in total. The molecule has 1 unspecified atom stereocenters. The summed E-state index contributed by atoms with van der Waals surface area (Å²) in [5.74, 6) is 0. The zero-order chi connectivity index (χ0) is 13.2. The predicted octanol–water partition coefficient (Wildman–Crippen LogP) is 4.66. The van der Waals surface area contributed by atoms with Crippen LogP contribution in [0.15, 0.2) is 24.3 Å². The summed E-state index contributed by atoms with van der Waals surface area (Å²) in [7, 11) is 0. The van der Waals surface area contributed by atoms with E-state index < -0.39 is 0 Å². The molecule has 0 aliphatic heterocycles. The minimum Gasteiger partial charge on any atom is -0.370 e. The molecular formula is C16H24N2. The molecule has 0 aliphatic rings. The van der Waals surface area contributed by atoms with Crippen molar-refractivity contribution in [2.24, 2.45) is 0 Å². The van der Waals surface area contributed by atoms with E-state index in [1.54, 1.807) is 0 Å². The Balaban J connectivity index is 2.32. The van der Waals surface area contributed by atoms with Gasteiger partial charge >= 0.3 is 0 Å². The fourth-order valence-electron chi connectivity index (χ4n) is 2.06. The minimum absolute atomic E-state index is 0.0616. The molecule has 2 heteroatoms. The van der Waals surface area contributed by atoms with Gasteiger partial charge in [0.2, 0.25) is 0 Å². The SMILES string of the molecule is CCCCCCCC(C#N)Nc1cccc(C)c1. The summed E-state index contributed by atoms with van der Waals surface area (Å²) in [4.78, 5) is 0. The minimum atomic E-state index is -0.0616. The Hall–Kier alpha value is -1.49. The summed E-state index contributed by atoms with van der Waals surface area (Å²) >= 11 is 0. The van der Waals surface area contributed by atoms with Crippen LogP contribution in [0.2, 0.25) is 0 Å². The van der Waals surface area contributed by atoms with Crippen LogP contribution >= 0.6 is 0 Å². The van der Waals surface area contributed by atoms with E-state index in [9.17, 15) is 0 Å². The number of unbranched alkanes of at least 4 members (excludes halogenated alkanes) is 4. The first kappa shape index (κ1) is 14.6. The van der Waals surface area contributed by atoms with Crippen molar-refractivity contribution in [3.05, 3.63) is 29.8 Å². The van der Waals surface area contributed by atoms with Crippen LogP contribution in [0.1, 0.15) is 51.0 Å². The maximum Gasteiger partial charge on any atom is 0.114 e. The third kappa shape index (κ3) is 5.72. The fraction of sp³-hybridized carbons (Fsp3) is 0.562. The van der Waals surface area contributed by atoms with Crippen molar-refractivity contribution in [3.8, 4) is 6.07 Å². The zero-order valence-electron chi connectivity index (χ0n) is 11.6. The van der Waals surface area contributed by atoms with Gasteiger partial charge in [-0.15, -0.1) is 0 Å². The lowest BCUT2D eigenvalue weighted by molar-refractivity contribution is 0.597. The Morgan fingerprint density at radius 2 is 2.00 bits per heavy atom. The van der Waals surface area contributed by atoms with Crippen LogP contribution in [-0.2, 0) is 0 Å². The Kier molecular flexibility index (Phi) is 6.94. The number of anilines is 1. The first-order valence-electron chi connectivity index (χ1n) is 6.99. The Bertz CT molecular complexity index is 379. The molecule has 0 radical (unpaired) electrons. The smallest absolute Gasteiger partial charge is 0.114 e. The predicted molar refractivity (Wildman–Crippen MR) is 77.6 cm³/mol. The van der Waals surface area contributed by atoms with Gasteiger partial charge < -0.3 is 5.32 Å². The number of benzene rings is 1. The van der Waals surface area contributed by atoms with E-state index in [1.807, 2.05) is 12.1 Å². The van der Waals surface area contributed by atoms with Gasteiger partial charge in [0.25, 0.3) is 0 Å². The maximum atomic E-state index is 9.15. The molecule has 0 saturated carbocycles. The van der Waals surface area contributed by atoms with E-state index in [0.717, 1.165) is 18.5 Å². The van der Waals surface area contributed by atoms with Crippen molar-refractivity contribution in [1.82, 2.24) is 0 Å². The van der Waals surface area contributed by atoms with E-state index in [1.165, 1.54) is 31.2 Å². The van der Waals surface area contributed by atoms with Crippen molar-refractivity contribution in [2.45, 2.75) is 58.4 Å². The number of hydrogen-bond acceptors (Lipinski definition) is 2. The molecule has 1 atom stereocenters. The molecule has 0 spiro atoms. The molecule has 1 rings (SSSR count). The molecule has 1 aromatic carbocycles. The second-order valence-electron chi connectivity index (χ2n) is 4.90. The summed E-state index contributed by atoms with van der Waals surface area (Å²) in [6.07, 6.45) is 7.18. The third-order valence-corrected chi connectivity index (χ3v) is 3.11. The van der Waals surface area contributed by atoms with Gasteiger partial charge in [-0.1, -0.05) is 51.2 Å². The molecule has 0 saturated heterocycles. The average molecular weight is 244 g/mol. The second kappa shape index (κ2) is 8.58. The van der Waals surface area contributed by atoms with Gasteiger partial charge in [-0.05, 0) is 31.0 Å². The molecule has 18 heavy (non-hydrogen) atoms. The Labute approximate surface area is 111 Å². The van der Waals surface area contributed by atoms with Crippen molar-refractivity contribution in [1.29, 1.82) is 5.26 Å². The highest BCUT2D eigenvalue weighted by Gasteiger charge is 2.06. The lowest BCUT2D eigenvalue weighted by Crippen LogP contribution is -2.17. The summed E-state index contributed by atoms with van der Waals surface area (Å²) in [5, 5.41) is 12.4. The molecule has 0 aromatic heterocycles. The highest BCUT2D eigenvalue weighted by molar-refractivity contribution is 5.47. The van der Waals surface area contributed by atoms with Crippen molar-refractivity contribution >= 4 is 5.69 Å². The molecule has 0 bridgehead atoms. The van der Waals surface area contributed by atoms with Crippen LogP contribution in [-0.4, -0.2) is 6.04 Å². The number of nitrogens with one attached hydrogen (secondary N) is 1. The largest absolute Gasteiger partial charge is 0.370 e. The zero-order valence-corrected chi connectivity index (χ0v) is 11.6. The standard InChI is InChI=1S/C16H24N2/c1-3-4-5-6-7-10-16(13-17)18-15-11-8-9-14(2)12-15/h8-9,11-12,16,18H,3-7,10H2,1-2H3. The Morgan fingerprint density at radius 3 is 2.67 bits per heavy atom. The lowest BCUT2D eigenvalue weighted by atomic mass is 10.1. The lowest BCUT2D eigenvalue weighted by Gasteiger charge is -2.13. The van der Waals surface area contributed by atoms with E-state index in [0.29, 0.717) is 0 Å². The second-order valence-corrected chi connectivity index (χ2v) is 4.90. The molecule has 98 valence electrons. The van der Waals surface area contributed by atoms with E-state index >= 15 is 0 Å². The molecular weight excluding hydrogens is 220 g/mol. The van der Waals surface area contributed by atoms with Gasteiger partial charge in [-0.25, -0.2) is 0 Å². The van der Waals surface area contributed by atoms with Crippen LogP contribution in [0.3, 0.4) is 0 Å². The average Bonchev–Trinajstić information content (AvgIpc) is 2.37. The van der Waals surface area contributed by atoms with Gasteiger partial charge in [0.05, 0.1) is 6.07 Å². The van der Waals surface area contributed by atoms with Crippen LogP contribution in [0.5, 0.6) is 0 Å². The number of aryl methyl sites for hydroxylation is 1. The molecule has 0 amide bonds. The third-order valence-electron chi connectivity index (χ3n) is 3.11. The highest BCUT2D eigenvalue weighted by atomic mass is 14.9. The summed E-state index contributed by atoms with van der Waals surface area (Å²) < 4.78 is 0. The summed E-state index contributed by atoms with van der Waals surface area (Å²) in [6, 6.07) is 10.5. The van der Waals surface area contributed by atoms with E-state index in [2.05, 4.69) is 37.4 Å². The van der Waals surface area contributed by atoms with Gasteiger partial charge in [-0.2, -0.15) is 5.26 Å². The van der Waals surface area contributed by atoms with Gasteiger partial charge in [0.1, 0.15) is 6.04 Å². The molecule has 0 aliphatic carbocycles.